The smallest absolute Gasteiger partial charge is 0.228 e. The zero-order valence-corrected chi connectivity index (χ0v) is 12.4. The maximum Gasteiger partial charge on any atom is 0.228 e. The molecule has 2 heterocycles. The number of nitrogens with two attached hydrogens (primary N) is 1. The Morgan fingerprint density at radius 1 is 1.33 bits per heavy atom. The van der Waals surface area contributed by atoms with Crippen molar-refractivity contribution in [1.29, 1.82) is 0 Å². The maximum atomic E-state index is 12.4. The molecule has 0 aliphatic carbocycles. The highest BCUT2D eigenvalue weighted by Gasteiger charge is 2.23. The highest BCUT2D eigenvalue weighted by molar-refractivity contribution is 5.83. The minimum atomic E-state index is 0.185. The molecule has 1 aliphatic rings. The second-order valence-electron chi connectivity index (χ2n) is 5.86. The number of nitrogens with zero attached hydrogens (tertiary/aromatic N) is 2. The molecule has 4 heteroatoms. The summed E-state index contributed by atoms with van der Waals surface area (Å²) in [6.45, 7) is 3.01. The summed E-state index contributed by atoms with van der Waals surface area (Å²) in [5, 5.41) is 1.01. The van der Waals surface area contributed by atoms with Crippen LogP contribution in [0, 0.1) is 0 Å². The first-order valence-electron chi connectivity index (χ1n) is 7.58. The van der Waals surface area contributed by atoms with Gasteiger partial charge in [-0.3, -0.25) is 9.78 Å². The van der Waals surface area contributed by atoms with E-state index in [2.05, 4.69) is 11.9 Å². The van der Waals surface area contributed by atoms with Crippen LogP contribution in [-0.4, -0.2) is 28.4 Å². The molecule has 1 aliphatic heterocycles. The fourth-order valence-corrected chi connectivity index (χ4v) is 3.01. The fourth-order valence-electron chi connectivity index (χ4n) is 3.01. The van der Waals surface area contributed by atoms with Crippen molar-refractivity contribution in [2.24, 2.45) is 0 Å². The summed E-state index contributed by atoms with van der Waals surface area (Å²) >= 11 is 0. The number of anilines is 1. The van der Waals surface area contributed by atoms with Crippen LogP contribution in [0.1, 0.15) is 31.9 Å². The quantitative estimate of drug-likeness (QED) is 0.862. The van der Waals surface area contributed by atoms with E-state index >= 15 is 0 Å². The Balaban J connectivity index is 1.78. The molecule has 2 aromatic rings. The Hall–Kier alpha value is -2.10. The molecule has 4 nitrogen and oxygen atoms in total. The fraction of sp³-hybridized carbons (Fsp3) is 0.412. The molecule has 1 atom stereocenters. The van der Waals surface area contributed by atoms with E-state index < -0.39 is 0 Å². The molecule has 1 unspecified atom stereocenters. The van der Waals surface area contributed by atoms with Crippen LogP contribution in [0.3, 0.4) is 0 Å². The number of rotatable bonds is 2. The van der Waals surface area contributed by atoms with Crippen LogP contribution in [0.2, 0.25) is 0 Å². The van der Waals surface area contributed by atoms with Gasteiger partial charge in [0.05, 0.1) is 17.6 Å². The van der Waals surface area contributed by atoms with E-state index in [1.165, 1.54) is 6.42 Å². The summed E-state index contributed by atoms with van der Waals surface area (Å²) in [6, 6.07) is 9.91. The van der Waals surface area contributed by atoms with Crippen molar-refractivity contribution in [1.82, 2.24) is 9.88 Å². The number of fused-ring (bicyclic) bond motifs is 1. The lowest BCUT2D eigenvalue weighted by molar-refractivity contribution is -0.133. The summed E-state index contributed by atoms with van der Waals surface area (Å²) in [5.74, 6) is 0.185. The van der Waals surface area contributed by atoms with Gasteiger partial charge in [0.2, 0.25) is 5.91 Å². The second kappa shape index (κ2) is 5.72. The summed E-state index contributed by atoms with van der Waals surface area (Å²) < 4.78 is 0. The van der Waals surface area contributed by atoms with Crippen LogP contribution in [0.25, 0.3) is 10.9 Å². The Morgan fingerprint density at radius 3 is 3.00 bits per heavy atom. The number of nitrogen functional groups attached to an aromatic ring is 1. The Bertz CT molecular complexity index is 668. The molecule has 2 N–H and O–H groups in total. The number of aromatic nitrogens is 1. The second-order valence-corrected chi connectivity index (χ2v) is 5.86. The SMILES string of the molecule is CC1CCCCN1C(=O)Cc1ccc2cc(N)ccc2n1. The number of hydrogen-bond acceptors (Lipinski definition) is 3. The minimum absolute atomic E-state index is 0.185. The first-order valence-corrected chi connectivity index (χ1v) is 7.58. The predicted molar refractivity (Wildman–Crippen MR) is 84.9 cm³/mol. The highest BCUT2D eigenvalue weighted by atomic mass is 16.2. The van der Waals surface area contributed by atoms with Gasteiger partial charge in [-0.1, -0.05) is 6.07 Å². The molecular formula is C17H21N3O. The van der Waals surface area contributed by atoms with Gasteiger partial charge >= 0.3 is 0 Å². The third-order valence-corrected chi connectivity index (χ3v) is 4.23. The van der Waals surface area contributed by atoms with E-state index in [1.54, 1.807) is 0 Å². The Kier molecular flexibility index (Phi) is 3.78. The number of carbonyl (C=O) groups excluding carboxylic acids is 1. The first kappa shape index (κ1) is 13.9. The lowest BCUT2D eigenvalue weighted by atomic mass is 10.0. The average Bonchev–Trinajstić information content (AvgIpc) is 2.48. The standard InChI is InChI=1S/C17H21N3O/c1-12-4-2-3-9-20(12)17(21)11-15-7-5-13-10-14(18)6-8-16(13)19-15/h5-8,10,12H,2-4,9,11,18H2,1H3. The zero-order valence-electron chi connectivity index (χ0n) is 12.4. The maximum absolute atomic E-state index is 12.4. The molecule has 110 valence electrons. The molecule has 1 fully saturated rings. The molecule has 1 aromatic carbocycles. The van der Waals surface area contributed by atoms with Gasteiger partial charge in [-0.15, -0.1) is 0 Å². The molecule has 1 aromatic heterocycles. The van der Waals surface area contributed by atoms with Crippen LogP contribution in [0.15, 0.2) is 30.3 Å². The van der Waals surface area contributed by atoms with Crippen molar-refractivity contribution >= 4 is 22.5 Å². The van der Waals surface area contributed by atoms with E-state index in [0.29, 0.717) is 12.5 Å². The molecular weight excluding hydrogens is 262 g/mol. The molecule has 0 bridgehead atoms. The van der Waals surface area contributed by atoms with Gasteiger partial charge in [-0.25, -0.2) is 0 Å². The van der Waals surface area contributed by atoms with Crippen molar-refractivity contribution in [2.75, 3.05) is 12.3 Å². The van der Waals surface area contributed by atoms with E-state index in [1.807, 2.05) is 35.2 Å². The van der Waals surface area contributed by atoms with E-state index in [4.69, 9.17) is 5.73 Å². The summed E-state index contributed by atoms with van der Waals surface area (Å²) in [7, 11) is 0. The number of carbonyl (C=O) groups is 1. The van der Waals surface area contributed by atoms with E-state index in [-0.39, 0.29) is 5.91 Å². The molecule has 0 saturated carbocycles. The molecule has 0 spiro atoms. The first-order chi connectivity index (χ1) is 10.1. The molecule has 3 rings (SSSR count). The third kappa shape index (κ3) is 2.99. The van der Waals surface area contributed by atoms with Crippen molar-refractivity contribution < 1.29 is 4.79 Å². The zero-order chi connectivity index (χ0) is 14.8. The van der Waals surface area contributed by atoms with Crippen LogP contribution >= 0.6 is 0 Å². The normalized spacial score (nSPS) is 18.9. The number of hydrogen-bond donors (Lipinski definition) is 1. The Labute approximate surface area is 125 Å². The van der Waals surface area contributed by atoms with Gasteiger partial charge in [-0.05, 0) is 50.5 Å². The van der Waals surface area contributed by atoms with Crippen LogP contribution in [0.4, 0.5) is 5.69 Å². The number of amides is 1. The number of pyridine rings is 1. The Morgan fingerprint density at radius 2 is 2.19 bits per heavy atom. The number of likely N-dealkylation sites (tertiary alicyclic amines) is 1. The largest absolute Gasteiger partial charge is 0.399 e. The van der Waals surface area contributed by atoms with Crippen LogP contribution in [0.5, 0.6) is 0 Å². The van der Waals surface area contributed by atoms with Gasteiger partial charge in [-0.2, -0.15) is 0 Å². The van der Waals surface area contributed by atoms with Gasteiger partial charge < -0.3 is 10.6 Å². The summed E-state index contributed by atoms with van der Waals surface area (Å²) in [6.07, 6.45) is 3.82. The monoisotopic (exact) mass is 283 g/mol. The molecule has 1 saturated heterocycles. The molecule has 1 amide bonds. The van der Waals surface area contributed by atoms with E-state index in [0.717, 1.165) is 41.7 Å². The van der Waals surface area contributed by atoms with Crippen molar-refractivity contribution in [3.8, 4) is 0 Å². The van der Waals surface area contributed by atoms with Gasteiger partial charge in [0, 0.05) is 23.7 Å². The lowest BCUT2D eigenvalue weighted by Crippen LogP contribution is -2.42. The minimum Gasteiger partial charge on any atom is -0.399 e. The van der Waals surface area contributed by atoms with Gasteiger partial charge in [0.25, 0.3) is 0 Å². The van der Waals surface area contributed by atoms with Crippen molar-refractivity contribution in [3.05, 3.63) is 36.0 Å². The van der Waals surface area contributed by atoms with Gasteiger partial charge in [0.1, 0.15) is 0 Å². The van der Waals surface area contributed by atoms with Crippen LogP contribution in [-0.2, 0) is 11.2 Å². The lowest BCUT2D eigenvalue weighted by Gasteiger charge is -2.33. The van der Waals surface area contributed by atoms with Crippen LogP contribution < -0.4 is 5.73 Å². The van der Waals surface area contributed by atoms with Gasteiger partial charge in [0.15, 0.2) is 0 Å². The average molecular weight is 283 g/mol. The topological polar surface area (TPSA) is 59.2 Å². The highest BCUT2D eigenvalue weighted by Crippen LogP contribution is 2.19. The predicted octanol–water partition coefficient (Wildman–Crippen LogP) is 2.76. The summed E-state index contributed by atoms with van der Waals surface area (Å²) in [5.41, 5.74) is 8.22. The number of piperidine rings is 1. The molecule has 0 radical (unpaired) electrons. The van der Waals surface area contributed by atoms with E-state index in [9.17, 15) is 4.79 Å². The van der Waals surface area contributed by atoms with Crippen molar-refractivity contribution in [3.63, 3.8) is 0 Å². The summed E-state index contributed by atoms with van der Waals surface area (Å²) in [4.78, 5) is 19.0. The van der Waals surface area contributed by atoms with Crippen molar-refractivity contribution in [2.45, 2.75) is 38.6 Å². The third-order valence-electron chi connectivity index (χ3n) is 4.23. The number of benzene rings is 1. The molecule has 21 heavy (non-hydrogen) atoms.